The quantitative estimate of drug-likeness (QED) is 0.662. The molecule has 0 bridgehead atoms. The van der Waals surface area contributed by atoms with Crippen LogP contribution in [0.2, 0.25) is 0 Å². The second kappa shape index (κ2) is 8.50. The van der Waals surface area contributed by atoms with Crippen LogP contribution in [-0.2, 0) is 14.7 Å². The van der Waals surface area contributed by atoms with Crippen LogP contribution in [0, 0.1) is 5.92 Å². The monoisotopic (exact) mass is 444 g/mol. The number of aromatic nitrogens is 1. The molecule has 2 heterocycles. The lowest BCUT2D eigenvalue weighted by atomic mass is 10.1. The van der Waals surface area contributed by atoms with E-state index in [2.05, 4.69) is 14.9 Å². The van der Waals surface area contributed by atoms with Gasteiger partial charge in [0.25, 0.3) is 0 Å². The van der Waals surface area contributed by atoms with E-state index >= 15 is 0 Å². The Morgan fingerprint density at radius 2 is 1.80 bits per heavy atom. The van der Waals surface area contributed by atoms with E-state index < -0.39 is 22.3 Å². The molecule has 0 saturated carbocycles. The summed E-state index contributed by atoms with van der Waals surface area (Å²) in [6, 6.07) is 8.09. The van der Waals surface area contributed by atoms with Crippen LogP contribution in [0.25, 0.3) is 0 Å². The van der Waals surface area contributed by atoms with Crippen molar-refractivity contribution in [3.05, 3.63) is 48.2 Å². The molecule has 1 atom stereocenters. The molecule has 0 saturated heterocycles. The van der Waals surface area contributed by atoms with Gasteiger partial charge in [0, 0.05) is 0 Å². The van der Waals surface area contributed by atoms with Gasteiger partial charge < -0.3 is 14.3 Å². The zero-order chi connectivity index (χ0) is 21.9. The van der Waals surface area contributed by atoms with Crippen LogP contribution >= 0.6 is 0 Å². The summed E-state index contributed by atoms with van der Waals surface area (Å²) in [5, 5.41) is 3.78. The lowest BCUT2D eigenvalue weighted by molar-refractivity contribution is -0.274. The van der Waals surface area contributed by atoms with Gasteiger partial charge in [-0.1, -0.05) is 31.1 Å². The number of ether oxygens (including phenoxy) is 2. The first-order valence-corrected chi connectivity index (χ1v) is 10.6. The van der Waals surface area contributed by atoms with Gasteiger partial charge in [0.05, 0.1) is 18.4 Å². The van der Waals surface area contributed by atoms with E-state index in [0.29, 0.717) is 5.56 Å². The number of halogens is 3. The van der Waals surface area contributed by atoms with Crippen molar-refractivity contribution < 1.29 is 35.9 Å². The van der Waals surface area contributed by atoms with Gasteiger partial charge in [-0.2, -0.15) is 0 Å². The Bertz CT molecular complexity index is 1000. The lowest BCUT2D eigenvalue weighted by Gasteiger charge is -2.11. The largest absolute Gasteiger partial charge is 0.573 e. The van der Waals surface area contributed by atoms with Crippen molar-refractivity contribution in [3.8, 4) is 11.5 Å². The molecule has 0 N–H and O–H groups in total. The van der Waals surface area contributed by atoms with Gasteiger partial charge >= 0.3 is 6.36 Å². The van der Waals surface area contributed by atoms with Crippen molar-refractivity contribution in [2.75, 3.05) is 5.75 Å². The molecule has 7 nitrogen and oxygen atoms in total. The maximum Gasteiger partial charge on any atom is 0.573 e. The smallest absolute Gasteiger partial charge is 0.438 e. The first-order chi connectivity index (χ1) is 14.0. The molecular weight excluding hydrogens is 425 g/mol. The molecule has 0 unspecified atom stereocenters. The van der Waals surface area contributed by atoms with Crippen LogP contribution in [0.3, 0.4) is 0 Å². The van der Waals surface area contributed by atoms with E-state index in [1.807, 2.05) is 0 Å². The predicted octanol–water partition coefficient (Wildman–Crippen LogP) is 4.26. The highest BCUT2D eigenvalue weighted by molar-refractivity contribution is 7.91. The molecule has 0 fully saturated rings. The number of pyridine rings is 1. The summed E-state index contributed by atoms with van der Waals surface area (Å²) in [6.45, 7) is 3.61. The topological polar surface area (TPSA) is 87.1 Å². The van der Waals surface area contributed by atoms with E-state index in [1.165, 1.54) is 42.6 Å². The SMILES string of the molecule is CC(C)CS(=O)(=O)c1ccc(OC2=NO[C@H](c3ccc(OC(F)(F)F)cc3)C2)cn1. The number of nitrogens with zero attached hydrogens (tertiary/aromatic N) is 2. The number of hydrogen-bond donors (Lipinski definition) is 0. The summed E-state index contributed by atoms with van der Waals surface area (Å²) in [5.74, 6) is 0.157. The third-order valence-corrected chi connectivity index (χ3v) is 5.93. The minimum absolute atomic E-state index is 0.00473. The summed E-state index contributed by atoms with van der Waals surface area (Å²) in [6.07, 6.45) is -3.76. The molecule has 1 aliphatic heterocycles. The zero-order valence-electron chi connectivity index (χ0n) is 16.1. The van der Waals surface area contributed by atoms with Crippen molar-refractivity contribution in [2.24, 2.45) is 11.1 Å². The second-order valence-corrected chi connectivity index (χ2v) is 8.99. The fourth-order valence-electron chi connectivity index (χ4n) is 2.75. The molecule has 0 spiro atoms. The van der Waals surface area contributed by atoms with Crippen molar-refractivity contribution in [3.63, 3.8) is 0 Å². The molecule has 1 aromatic carbocycles. The maximum atomic E-state index is 12.2. The van der Waals surface area contributed by atoms with Crippen LogP contribution in [0.1, 0.15) is 31.9 Å². The predicted molar refractivity (Wildman–Crippen MR) is 101 cm³/mol. The van der Waals surface area contributed by atoms with Gasteiger partial charge in [0.15, 0.2) is 21.0 Å². The van der Waals surface area contributed by atoms with E-state index in [-0.39, 0.29) is 40.5 Å². The van der Waals surface area contributed by atoms with E-state index in [1.54, 1.807) is 13.8 Å². The Morgan fingerprint density at radius 3 is 2.37 bits per heavy atom. The first-order valence-electron chi connectivity index (χ1n) is 8.97. The maximum absolute atomic E-state index is 12.2. The van der Waals surface area contributed by atoms with Crippen LogP contribution in [0.15, 0.2) is 52.8 Å². The molecule has 3 rings (SSSR count). The van der Waals surface area contributed by atoms with Crippen molar-refractivity contribution in [2.45, 2.75) is 37.8 Å². The van der Waals surface area contributed by atoms with Gasteiger partial charge in [-0.15, -0.1) is 13.2 Å². The molecule has 0 aliphatic carbocycles. The lowest BCUT2D eigenvalue weighted by Crippen LogP contribution is -2.17. The molecule has 0 amide bonds. The van der Waals surface area contributed by atoms with Crippen LogP contribution in [0.4, 0.5) is 13.2 Å². The molecule has 30 heavy (non-hydrogen) atoms. The Labute approximate surface area is 171 Å². The Kier molecular flexibility index (Phi) is 6.20. The van der Waals surface area contributed by atoms with Crippen LogP contribution in [0.5, 0.6) is 11.5 Å². The Balaban J connectivity index is 1.58. The van der Waals surface area contributed by atoms with Crippen molar-refractivity contribution >= 4 is 15.7 Å². The highest BCUT2D eigenvalue weighted by atomic mass is 32.2. The number of sulfone groups is 1. The van der Waals surface area contributed by atoms with Crippen LogP contribution < -0.4 is 9.47 Å². The molecular formula is C19H19F3N2O5S. The number of alkyl halides is 3. The fourth-order valence-corrected chi connectivity index (χ4v) is 4.29. The summed E-state index contributed by atoms with van der Waals surface area (Å²) in [4.78, 5) is 9.22. The summed E-state index contributed by atoms with van der Waals surface area (Å²) >= 11 is 0. The minimum atomic E-state index is -4.76. The highest BCUT2D eigenvalue weighted by Gasteiger charge is 2.31. The molecule has 2 aromatic rings. The summed E-state index contributed by atoms with van der Waals surface area (Å²) < 4.78 is 70.4. The Morgan fingerprint density at radius 1 is 1.13 bits per heavy atom. The average molecular weight is 444 g/mol. The van der Waals surface area contributed by atoms with E-state index in [9.17, 15) is 21.6 Å². The fraction of sp³-hybridized carbons (Fsp3) is 0.368. The van der Waals surface area contributed by atoms with Crippen molar-refractivity contribution in [1.29, 1.82) is 0 Å². The van der Waals surface area contributed by atoms with Gasteiger partial charge in [-0.3, -0.25) is 0 Å². The molecule has 11 heteroatoms. The molecule has 1 aromatic heterocycles. The van der Waals surface area contributed by atoms with Gasteiger partial charge in [-0.25, -0.2) is 13.4 Å². The average Bonchev–Trinajstić information content (AvgIpc) is 3.09. The van der Waals surface area contributed by atoms with E-state index in [0.717, 1.165) is 0 Å². The minimum Gasteiger partial charge on any atom is -0.438 e. The Hall–Kier alpha value is -2.82. The standard InChI is InChI=1S/C19H19F3N2O5S/c1-12(2)11-30(25,26)18-8-7-15(10-23-18)27-17-9-16(29-24-17)13-3-5-14(6-4-13)28-19(20,21)22/h3-8,10,12,16H,9,11H2,1-2H3/t16-/m0/s1. The molecule has 162 valence electrons. The third kappa shape index (κ3) is 5.85. The van der Waals surface area contributed by atoms with Gasteiger partial charge in [0.2, 0.25) is 5.90 Å². The summed E-state index contributed by atoms with van der Waals surface area (Å²) in [7, 11) is -3.47. The van der Waals surface area contributed by atoms with E-state index in [4.69, 9.17) is 9.57 Å². The van der Waals surface area contributed by atoms with Gasteiger partial charge in [0.1, 0.15) is 11.5 Å². The van der Waals surface area contributed by atoms with Crippen LogP contribution in [-0.4, -0.2) is 31.4 Å². The third-order valence-electron chi connectivity index (χ3n) is 3.94. The van der Waals surface area contributed by atoms with Crippen molar-refractivity contribution in [1.82, 2.24) is 4.98 Å². The highest BCUT2D eigenvalue weighted by Crippen LogP contribution is 2.31. The molecule has 0 radical (unpaired) electrons. The number of benzene rings is 1. The number of rotatable bonds is 6. The second-order valence-electron chi connectivity index (χ2n) is 7.01. The first kappa shape index (κ1) is 21.9. The zero-order valence-corrected chi connectivity index (χ0v) is 16.9. The summed E-state index contributed by atoms with van der Waals surface area (Å²) in [5.41, 5.74) is 0.597. The molecule has 1 aliphatic rings. The number of oxime groups is 1. The number of hydrogen-bond acceptors (Lipinski definition) is 7. The normalized spacial score (nSPS) is 16.9. The van der Waals surface area contributed by atoms with Gasteiger partial charge in [-0.05, 0) is 35.7 Å².